The topological polar surface area (TPSA) is 48.4 Å². The molecule has 0 atom stereocenters. The fraction of sp³-hybridized carbons (Fsp3) is 0.167. The molecule has 0 unspecified atom stereocenters. The first kappa shape index (κ1) is 11.2. The Morgan fingerprint density at radius 2 is 2.12 bits per heavy atom. The van der Waals surface area contributed by atoms with Crippen molar-refractivity contribution in [1.82, 2.24) is 0 Å². The number of hydrogen-bond acceptors (Lipinski definition) is 3. The van der Waals surface area contributed by atoms with Crippen molar-refractivity contribution in [3.63, 3.8) is 0 Å². The Kier molecular flexibility index (Phi) is 3.31. The van der Waals surface area contributed by atoms with Crippen LogP contribution in [-0.2, 0) is 11.3 Å². The monoisotopic (exact) mass is 281 g/mol. The van der Waals surface area contributed by atoms with Gasteiger partial charge in [-0.1, -0.05) is 0 Å². The van der Waals surface area contributed by atoms with Crippen LogP contribution in [0, 0.1) is 0 Å². The van der Waals surface area contributed by atoms with Gasteiger partial charge in [0.15, 0.2) is 0 Å². The Morgan fingerprint density at radius 1 is 1.31 bits per heavy atom. The van der Waals surface area contributed by atoms with E-state index in [-0.39, 0.29) is 0 Å². The van der Waals surface area contributed by atoms with Gasteiger partial charge in [0.05, 0.1) is 0 Å². The van der Waals surface area contributed by atoms with Crippen molar-refractivity contribution in [2.24, 2.45) is 0 Å². The van der Waals surface area contributed by atoms with E-state index in [0.717, 1.165) is 21.6 Å². The lowest BCUT2D eigenvalue weighted by atomic mass is 10.1. The molecule has 16 heavy (non-hydrogen) atoms. The maximum absolute atomic E-state index is 5.81. The summed E-state index contributed by atoms with van der Waals surface area (Å²) in [5, 5.41) is 0. The summed E-state index contributed by atoms with van der Waals surface area (Å²) in [6, 6.07) is 9.55. The molecule has 0 amide bonds. The predicted octanol–water partition coefficient (Wildman–Crippen LogP) is 3.44. The fourth-order valence-electron chi connectivity index (χ4n) is 1.45. The number of hydrogen-bond donors (Lipinski definition) is 1. The fourth-order valence-corrected chi connectivity index (χ4v) is 1.70. The molecule has 0 aliphatic rings. The molecule has 1 aromatic heterocycles. The van der Waals surface area contributed by atoms with E-state index in [1.807, 2.05) is 30.3 Å². The van der Waals surface area contributed by atoms with Crippen LogP contribution in [0.1, 0.15) is 5.76 Å². The number of anilines is 1. The van der Waals surface area contributed by atoms with Gasteiger partial charge < -0.3 is 14.9 Å². The Balaban J connectivity index is 2.31. The quantitative estimate of drug-likeness (QED) is 0.877. The van der Waals surface area contributed by atoms with Gasteiger partial charge in [0, 0.05) is 22.8 Å². The van der Waals surface area contributed by atoms with E-state index >= 15 is 0 Å². The summed E-state index contributed by atoms with van der Waals surface area (Å²) in [4.78, 5) is 0. The average Bonchev–Trinajstić information content (AvgIpc) is 2.71. The van der Waals surface area contributed by atoms with Gasteiger partial charge in [-0.15, -0.1) is 0 Å². The van der Waals surface area contributed by atoms with Crippen molar-refractivity contribution in [2.45, 2.75) is 6.61 Å². The minimum absolute atomic E-state index is 0.478. The van der Waals surface area contributed by atoms with Gasteiger partial charge in [0.25, 0.3) is 0 Å². The molecule has 0 saturated heterocycles. The van der Waals surface area contributed by atoms with E-state index in [2.05, 4.69) is 15.9 Å². The highest BCUT2D eigenvalue weighted by atomic mass is 79.9. The van der Waals surface area contributed by atoms with E-state index in [4.69, 9.17) is 14.9 Å². The Bertz CT molecular complexity index is 494. The summed E-state index contributed by atoms with van der Waals surface area (Å²) >= 11 is 3.36. The van der Waals surface area contributed by atoms with Crippen LogP contribution in [0.3, 0.4) is 0 Å². The van der Waals surface area contributed by atoms with E-state index < -0.39 is 0 Å². The molecule has 0 aliphatic carbocycles. The van der Waals surface area contributed by atoms with Gasteiger partial charge in [-0.3, -0.25) is 0 Å². The molecule has 2 aromatic rings. The van der Waals surface area contributed by atoms with Crippen molar-refractivity contribution in [3.8, 4) is 11.3 Å². The molecule has 1 heterocycles. The van der Waals surface area contributed by atoms with Crippen molar-refractivity contribution in [3.05, 3.63) is 40.6 Å². The lowest BCUT2D eigenvalue weighted by Crippen LogP contribution is -1.86. The molecule has 0 radical (unpaired) electrons. The van der Waals surface area contributed by atoms with Crippen molar-refractivity contribution in [1.29, 1.82) is 0 Å². The molecule has 0 bridgehead atoms. The second kappa shape index (κ2) is 4.72. The van der Waals surface area contributed by atoms with Gasteiger partial charge >= 0.3 is 0 Å². The number of ether oxygens (including phenoxy) is 1. The van der Waals surface area contributed by atoms with Crippen molar-refractivity contribution >= 4 is 21.6 Å². The standard InChI is InChI=1S/C12H12BrNO2/c1-15-7-9-3-5-12(16-9)8-2-4-10(13)11(14)6-8/h2-6H,7,14H2,1H3. The summed E-state index contributed by atoms with van der Waals surface area (Å²) in [7, 11) is 1.64. The predicted molar refractivity (Wildman–Crippen MR) is 67.0 cm³/mol. The van der Waals surface area contributed by atoms with Crippen LogP contribution in [0.15, 0.2) is 39.2 Å². The molecular formula is C12H12BrNO2. The number of methoxy groups -OCH3 is 1. The molecule has 3 nitrogen and oxygen atoms in total. The highest BCUT2D eigenvalue weighted by Gasteiger charge is 2.06. The Hall–Kier alpha value is -1.26. The molecule has 0 spiro atoms. The number of rotatable bonds is 3. The van der Waals surface area contributed by atoms with E-state index in [1.165, 1.54) is 0 Å². The summed E-state index contributed by atoms with van der Waals surface area (Å²) in [6.07, 6.45) is 0. The summed E-state index contributed by atoms with van der Waals surface area (Å²) in [6.45, 7) is 0.478. The van der Waals surface area contributed by atoms with Crippen LogP contribution in [0.5, 0.6) is 0 Å². The molecule has 0 saturated carbocycles. The van der Waals surface area contributed by atoms with E-state index in [0.29, 0.717) is 12.3 Å². The smallest absolute Gasteiger partial charge is 0.134 e. The maximum atomic E-state index is 5.81. The van der Waals surface area contributed by atoms with Crippen molar-refractivity contribution in [2.75, 3.05) is 12.8 Å². The third-order valence-electron chi connectivity index (χ3n) is 2.23. The molecule has 2 rings (SSSR count). The Morgan fingerprint density at radius 3 is 2.81 bits per heavy atom. The summed E-state index contributed by atoms with van der Waals surface area (Å²) < 4.78 is 11.5. The van der Waals surface area contributed by atoms with Gasteiger partial charge in [-0.05, 0) is 46.3 Å². The molecule has 2 N–H and O–H groups in total. The zero-order chi connectivity index (χ0) is 11.5. The first-order valence-corrected chi connectivity index (χ1v) is 5.63. The zero-order valence-electron chi connectivity index (χ0n) is 8.87. The van der Waals surface area contributed by atoms with Crippen LogP contribution >= 0.6 is 15.9 Å². The largest absolute Gasteiger partial charge is 0.459 e. The van der Waals surface area contributed by atoms with Gasteiger partial charge in [-0.25, -0.2) is 0 Å². The van der Waals surface area contributed by atoms with Crippen molar-refractivity contribution < 1.29 is 9.15 Å². The second-order valence-corrected chi connectivity index (χ2v) is 4.29. The molecule has 0 fully saturated rings. The Labute approximate surface area is 102 Å². The lowest BCUT2D eigenvalue weighted by Gasteiger charge is -2.01. The van der Waals surface area contributed by atoms with Crippen LogP contribution in [0.2, 0.25) is 0 Å². The first-order valence-electron chi connectivity index (χ1n) is 4.84. The average molecular weight is 282 g/mol. The summed E-state index contributed by atoms with van der Waals surface area (Å²) in [5.74, 6) is 1.60. The van der Waals surface area contributed by atoms with Crippen LogP contribution < -0.4 is 5.73 Å². The lowest BCUT2D eigenvalue weighted by molar-refractivity contribution is 0.165. The first-order chi connectivity index (χ1) is 7.70. The minimum Gasteiger partial charge on any atom is -0.459 e. The van der Waals surface area contributed by atoms with Gasteiger partial charge in [0.2, 0.25) is 0 Å². The normalized spacial score (nSPS) is 10.6. The van der Waals surface area contributed by atoms with Crippen LogP contribution in [-0.4, -0.2) is 7.11 Å². The highest BCUT2D eigenvalue weighted by Crippen LogP contribution is 2.28. The third-order valence-corrected chi connectivity index (χ3v) is 2.95. The molecular weight excluding hydrogens is 270 g/mol. The molecule has 1 aromatic carbocycles. The SMILES string of the molecule is COCc1ccc(-c2ccc(Br)c(N)c2)o1. The number of furan rings is 1. The minimum atomic E-state index is 0.478. The number of nitrogen functional groups attached to an aromatic ring is 1. The van der Waals surface area contributed by atoms with E-state index in [9.17, 15) is 0 Å². The number of halogens is 1. The van der Waals surface area contributed by atoms with Gasteiger partial charge in [0.1, 0.15) is 18.1 Å². The van der Waals surface area contributed by atoms with Crippen LogP contribution in [0.4, 0.5) is 5.69 Å². The van der Waals surface area contributed by atoms with Crippen LogP contribution in [0.25, 0.3) is 11.3 Å². The molecule has 0 aliphatic heterocycles. The van der Waals surface area contributed by atoms with Gasteiger partial charge in [-0.2, -0.15) is 0 Å². The summed E-state index contributed by atoms with van der Waals surface area (Å²) in [5.41, 5.74) is 7.47. The number of nitrogens with two attached hydrogens (primary N) is 1. The second-order valence-electron chi connectivity index (χ2n) is 3.44. The highest BCUT2D eigenvalue weighted by molar-refractivity contribution is 9.10. The molecule has 4 heteroatoms. The number of benzene rings is 1. The van der Waals surface area contributed by atoms with E-state index in [1.54, 1.807) is 7.11 Å². The third kappa shape index (κ3) is 2.28. The maximum Gasteiger partial charge on any atom is 0.134 e. The molecule has 84 valence electrons. The zero-order valence-corrected chi connectivity index (χ0v) is 10.5.